The lowest BCUT2D eigenvalue weighted by atomic mass is 10.0. The van der Waals surface area contributed by atoms with Crippen LogP contribution in [0.4, 0.5) is 4.39 Å². The second kappa shape index (κ2) is 6.98. The van der Waals surface area contributed by atoms with E-state index in [0.717, 1.165) is 30.3 Å². The molecule has 0 radical (unpaired) electrons. The SMILES string of the molecule is CCCc1ccc(C(C)=NC(C=O)=C(C)C)cc1F. The van der Waals surface area contributed by atoms with Gasteiger partial charge in [0.25, 0.3) is 0 Å². The molecule has 0 heterocycles. The predicted molar refractivity (Wildman–Crippen MR) is 77.0 cm³/mol. The van der Waals surface area contributed by atoms with Crippen LogP contribution < -0.4 is 0 Å². The van der Waals surface area contributed by atoms with Crippen LogP contribution in [0.5, 0.6) is 0 Å². The van der Waals surface area contributed by atoms with Crippen LogP contribution in [0.15, 0.2) is 34.5 Å². The summed E-state index contributed by atoms with van der Waals surface area (Å²) in [5.41, 5.74) is 3.31. The number of rotatable bonds is 5. The minimum Gasteiger partial charge on any atom is -0.296 e. The number of benzene rings is 1. The minimum absolute atomic E-state index is 0.209. The Morgan fingerprint density at radius 1 is 1.32 bits per heavy atom. The third-order valence-electron chi connectivity index (χ3n) is 2.90. The minimum atomic E-state index is -0.209. The van der Waals surface area contributed by atoms with Crippen molar-refractivity contribution in [2.45, 2.75) is 40.5 Å². The number of aryl methyl sites for hydroxylation is 1. The van der Waals surface area contributed by atoms with Gasteiger partial charge < -0.3 is 0 Å². The maximum absolute atomic E-state index is 13.8. The number of aldehydes is 1. The zero-order valence-corrected chi connectivity index (χ0v) is 12.0. The molecule has 1 aromatic carbocycles. The van der Waals surface area contributed by atoms with Gasteiger partial charge in [-0.15, -0.1) is 0 Å². The molecule has 0 fully saturated rings. The fourth-order valence-corrected chi connectivity index (χ4v) is 1.75. The Hall–Kier alpha value is -1.77. The predicted octanol–water partition coefficient (Wildman–Crippen LogP) is 4.08. The molecule has 0 saturated heterocycles. The highest BCUT2D eigenvalue weighted by molar-refractivity contribution is 6.01. The van der Waals surface area contributed by atoms with Crippen molar-refractivity contribution in [3.8, 4) is 0 Å². The van der Waals surface area contributed by atoms with Crippen LogP contribution in [-0.2, 0) is 11.2 Å². The molecule has 0 amide bonds. The average Bonchev–Trinajstić information content (AvgIpc) is 2.37. The van der Waals surface area contributed by atoms with E-state index in [1.165, 1.54) is 6.07 Å². The first-order valence-corrected chi connectivity index (χ1v) is 6.46. The number of carbonyl (C=O) groups excluding carboxylic acids is 1. The summed E-state index contributed by atoms with van der Waals surface area (Å²) in [7, 11) is 0. The Bertz CT molecular complexity index is 526. The Kier molecular flexibility index (Phi) is 5.61. The highest BCUT2D eigenvalue weighted by Crippen LogP contribution is 2.14. The lowest BCUT2D eigenvalue weighted by molar-refractivity contribution is -0.105. The van der Waals surface area contributed by atoms with Crippen molar-refractivity contribution < 1.29 is 9.18 Å². The molecule has 19 heavy (non-hydrogen) atoms. The standard InChI is InChI=1S/C16H20FNO/c1-5-6-13-7-8-14(9-15(13)17)12(4)18-16(10-19)11(2)3/h7-10H,5-6H2,1-4H3. The highest BCUT2D eigenvalue weighted by Gasteiger charge is 2.06. The van der Waals surface area contributed by atoms with Crippen LogP contribution in [-0.4, -0.2) is 12.0 Å². The van der Waals surface area contributed by atoms with E-state index in [1.807, 2.05) is 26.8 Å². The molecule has 0 spiro atoms. The second-order valence-electron chi connectivity index (χ2n) is 4.76. The number of allylic oxidation sites excluding steroid dienone is 2. The normalized spacial score (nSPS) is 11.3. The Labute approximate surface area is 114 Å². The zero-order valence-electron chi connectivity index (χ0n) is 12.0. The summed E-state index contributed by atoms with van der Waals surface area (Å²) in [6.45, 7) is 7.45. The average molecular weight is 261 g/mol. The number of aliphatic imine (C=N–C) groups is 1. The number of nitrogens with zero attached hydrogens (tertiary/aromatic N) is 1. The molecule has 0 saturated carbocycles. The number of carbonyl (C=O) groups is 1. The van der Waals surface area contributed by atoms with Gasteiger partial charge in [0.05, 0.1) is 0 Å². The van der Waals surface area contributed by atoms with Crippen molar-refractivity contribution in [1.29, 1.82) is 0 Å². The summed E-state index contributed by atoms with van der Waals surface area (Å²) in [4.78, 5) is 15.1. The molecule has 0 aliphatic carbocycles. The van der Waals surface area contributed by atoms with Gasteiger partial charge in [-0.25, -0.2) is 9.38 Å². The largest absolute Gasteiger partial charge is 0.296 e. The van der Waals surface area contributed by atoms with Gasteiger partial charge in [-0.2, -0.15) is 0 Å². The van der Waals surface area contributed by atoms with Crippen molar-refractivity contribution in [2.24, 2.45) is 4.99 Å². The molecule has 0 bridgehead atoms. The molecule has 0 N–H and O–H groups in total. The molecule has 0 aliphatic rings. The first-order valence-electron chi connectivity index (χ1n) is 6.46. The summed E-state index contributed by atoms with van der Waals surface area (Å²) < 4.78 is 13.8. The van der Waals surface area contributed by atoms with Crippen molar-refractivity contribution in [3.05, 3.63) is 46.4 Å². The van der Waals surface area contributed by atoms with Gasteiger partial charge in [0.15, 0.2) is 6.29 Å². The molecular formula is C16H20FNO. The van der Waals surface area contributed by atoms with Crippen molar-refractivity contribution in [3.63, 3.8) is 0 Å². The Balaban J connectivity index is 3.10. The van der Waals surface area contributed by atoms with Crippen LogP contribution in [0.25, 0.3) is 0 Å². The van der Waals surface area contributed by atoms with Gasteiger partial charge in [-0.05, 0) is 50.0 Å². The molecule has 0 unspecified atom stereocenters. The molecule has 0 aliphatic heterocycles. The van der Waals surface area contributed by atoms with E-state index < -0.39 is 0 Å². The fourth-order valence-electron chi connectivity index (χ4n) is 1.75. The topological polar surface area (TPSA) is 29.4 Å². The maximum atomic E-state index is 13.8. The maximum Gasteiger partial charge on any atom is 0.168 e. The molecule has 1 rings (SSSR count). The smallest absolute Gasteiger partial charge is 0.168 e. The van der Waals surface area contributed by atoms with Crippen LogP contribution in [0.3, 0.4) is 0 Å². The Morgan fingerprint density at radius 2 is 2.00 bits per heavy atom. The van der Waals surface area contributed by atoms with Gasteiger partial charge in [0, 0.05) is 5.71 Å². The van der Waals surface area contributed by atoms with Crippen LogP contribution in [0.1, 0.15) is 45.2 Å². The van der Waals surface area contributed by atoms with Gasteiger partial charge in [-0.1, -0.05) is 25.5 Å². The monoisotopic (exact) mass is 261 g/mol. The van der Waals surface area contributed by atoms with E-state index in [0.29, 0.717) is 17.0 Å². The van der Waals surface area contributed by atoms with Crippen molar-refractivity contribution >= 4 is 12.0 Å². The van der Waals surface area contributed by atoms with Crippen LogP contribution in [0, 0.1) is 5.82 Å². The van der Waals surface area contributed by atoms with Gasteiger partial charge >= 0.3 is 0 Å². The summed E-state index contributed by atoms with van der Waals surface area (Å²) in [5, 5.41) is 0. The first kappa shape index (κ1) is 15.3. The third-order valence-corrected chi connectivity index (χ3v) is 2.90. The van der Waals surface area contributed by atoms with Crippen LogP contribution in [0.2, 0.25) is 0 Å². The molecule has 3 heteroatoms. The quantitative estimate of drug-likeness (QED) is 0.446. The van der Waals surface area contributed by atoms with E-state index >= 15 is 0 Å². The summed E-state index contributed by atoms with van der Waals surface area (Å²) in [6, 6.07) is 5.12. The Morgan fingerprint density at radius 3 is 2.47 bits per heavy atom. The van der Waals surface area contributed by atoms with Crippen molar-refractivity contribution in [1.82, 2.24) is 0 Å². The van der Waals surface area contributed by atoms with Gasteiger partial charge in [0.2, 0.25) is 0 Å². The summed E-state index contributed by atoms with van der Waals surface area (Å²) >= 11 is 0. The summed E-state index contributed by atoms with van der Waals surface area (Å²) in [6.07, 6.45) is 2.37. The number of hydrogen-bond donors (Lipinski definition) is 0. The van der Waals surface area contributed by atoms with Gasteiger partial charge in [0.1, 0.15) is 11.5 Å². The molecular weight excluding hydrogens is 241 g/mol. The van der Waals surface area contributed by atoms with E-state index in [-0.39, 0.29) is 5.82 Å². The van der Waals surface area contributed by atoms with E-state index in [2.05, 4.69) is 4.99 Å². The molecule has 0 aromatic heterocycles. The molecule has 102 valence electrons. The second-order valence-corrected chi connectivity index (χ2v) is 4.76. The highest BCUT2D eigenvalue weighted by atomic mass is 19.1. The number of hydrogen-bond acceptors (Lipinski definition) is 2. The van der Waals surface area contributed by atoms with Crippen molar-refractivity contribution in [2.75, 3.05) is 0 Å². The molecule has 1 aromatic rings. The number of halogens is 1. The lowest BCUT2D eigenvalue weighted by Gasteiger charge is -2.06. The molecule has 2 nitrogen and oxygen atoms in total. The zero-order chi connectivity index (χ0) is 14.4. The third kappa shape index (κ3) is 4.12. The molecule has 0 atom stereocenters. The van der Waals surface area contributed by atoms with E-state index in [9.17, 15) is 9.18 Å². The van der Waals surface area contributed by atoms with E-state index in [4.69, 9.17) is 0 Å². The lowest BCUT2D eigenvalue weighted by Crippen LogP contribution is -2.00. The van der Waals surface area contributed by atoms with Gasteiger partial charge in [-0.3, -0.25) is 4.79 Å². The van der Waals surface area contributed by atoms with Crippen LogP contribution >= 0.6 is 0 Å². The summed E-state index contributed by atoms with van der Waals surface area (Å²) in [5.74, 6) is -0.209. The fraction of sp³-hybridized carbons (Fsp3) is 0.375. The van der Waals surface area contributed by atoms with E-state index in [1.54, 1.807) is 13.0 Å². The first-order chi connectivity index (χ1) is 8.99.